The molecule has 0 atom stereocenters. The van der Waals surface area contributed by atoms with Crippen LogP contribution in [0.1, 0.15) is 26.3 Å². The number of hydrogen-bond donors (Lipinski definition) is 1. The van der Waals surface area contributed by atoms with Gasteiger partial charge in [-0.3, -0.25) is 4.79 Å². The fraction of sp³-hybridized carbons (Fsp3) is 0.588. The molecule has 1 aliphatic rings. The molecular formula is C17H26N2O2. The molecule has 116 valence electrons. The van der Waals surface area contributed by atoms with Gasteiger partial charge in [-0.2, -0.15) is 0 Å². The van der Waals surface area contributed by atoms with Crippen LogP contribution in [0.3, 0.4) is 0 Å². The first-order valence-electron chi connectivity index (χ1n) is 7.40. The Morgan fingerprint density at radius 1 is 1.33 bits per heavy atom. The van der Waals surface area contributed by atoms with Crippen LogP contribution in [-0.4, -0.2) is 43.2 Å². The maximum atomic E-state index is 12.7. The molecule has 0 bridgehead atoms. The first-order chi connectivity index (χ1) is 9.72. The zero-order chi connectivity index (χ0) is 15.7. The van der Waals surface area contributed by atoms with Crippen molar-refractivity contribution in [1.82, 2.24) is 4.90 Å². The molecule has 1 amide bonds. The Bertz CT molecular complexity index is 504. The number of anilines is 1. The first kappa shape index (κ1) is 15.8. The molecule has 1 aromatic carbocycles. The highest BCUT2D eigenvalue weighted by molar-refractivity contribution is 5.88. The summed E-state index contributed by atoms with van der Waals surface area (Å²) in [7, 11) is 1.87. The van der Waals surface area contributed by atoms with Crippen LogP contribution < -0.4 is 5.32 Å². The number of hydrogen-bond acceptors (Lipinski definition) is 3. The molecule has 4 heteroatoms. The molecule has 0 aliphatic carbocycles. The second-order valence-corrected chi connectivity index (χ2v) is 7.08. The molecule has 1 saturated heterocycles. The van der Waals surface area contributed by atoms with E-state index in [0.29, 0.717) is 0 Å². The van der Waals surface area contributed by atoms with E-state index in [2.05, 4.69) is 19.2 Å². The summed E-state index contributed by atoms with van der Waals surface area (Å²) < 4.78 is 5.26. The normalized spacial score (nSPS) is 17.0. The summed E-state index contributed by atoms with van der Waals surface area (Å²) in [6.07, 6.45) is 0. The number of aryl methyl sites for hydroxylation is 1. The molecule has 4 nitrogen and oxygen atoms in total. The summed E-state index contributed by atoms with van der Waals surface area (Å²) in [5.74, 6) is 0.0937. The Morgan fingerprint density at radius 3 is 2.38 bits per heavy atom. The van der Waals surface area contributed by atoms with E-state index in [-0.39, 0.29) is 11.3 Å². The third kappa shape index (κ3) is 3.76. The Morgan fingerprint density at radius 2 is 1.90 bits per heavy atom. The van der Waals surface area contributed by atoms with Crippen molar-refractivity contribution >= 4 is 11.6 Å². The lowest BCUT2D eigenvalue weighted by Gasteiger charge is -2.42. The largest absolute Gasteiger partial charge is 0.380 e. The van der Waals surface area contributed by atoms with Crippen molar-refractivity contribution in [3.05, 3.63) is 29.8 Å². The number of likely N-dealkylation sites (N-methyl/N-ethyl adjacent to an activating group) is 1. The van der Waals surface area contributed by atoms with Crippen LogP contribution in [-0.2, 0) is 9.53 Å². The molecule has 0 radical (unpaired) electrons. The summed E-state index contributed by atoms with van der Waals surface area (Å²) >= 11 is 0. The summed E-state index contributed by atoms with van der Waals surface area (Å²) in [6.45, 7) is 10.2. The number of nitrogens with one attached hydrogen (secondary N) is 1. The summed E-state index contributed by atoms with van der Waals surface area (Å²) in [5, 5.41) is 3.33. The van der Waals surface area contributed by atoms with Gasteiger partial charge < -0.3 is 15.0 Å². The molecule has 1 aliphatic heterocycles. The second-order valence-electron chi connectivity index (χ2n) is 7.08. The molecule has 0 saturated carbocycles. The smallest absolute Gasteiger partial charge is 0.247 e. The van der Waals surface area contributed by atoms with Gasteiger partial charge in [-0.05, 0) is 32.9 Å². The highest BCUT2D eigenvalue weighted by Crippen LogP contribution is 2.28. The van der Waals surface area contributed by atoms with E-state index in [0.717, 1.165) is 25.4 Å². The van der Waals surface area contributed by atoms with Crippen LogP contribution in [0.25, 0.3) is 0 Å². The van der Waals surface area contributed by atoms with E-state index in [9.17, 15) is 4.79 Å². The van der Waals surface area contributed by atoms with E-state index in [4.69, 9.17) is 4.74 Å². The lowest BCUT2D eigenvalue weighted by molar-refractivity contribution is -0.145. The molecular weight excluding hydrogens is 264 g/mol. The highest BCUT2D eigenvalue weighted by atomic mass is 16.5. The molecule has 1 aromatic rings. The van der Waals surface area contributed by atoms with Gasteiger partial charge in [-0.15, -0.1) is 0 Å². The van der Waals surface area contributed by atoms with Gasteiger partial charge in [-0.1, -0.05) is 24.6 Å². The van der Waals surface area contributed by atoms with E-state index in [1.807, 2.05) is 50.1 Å². The standard InChI is InChI=1S/C17H26N2O2/c1-13-6-8-14(9-7-13)18-16(2,3)15(20)19(5)10-17(4)11-21-12-17/h6-9,18H,10-12H2,1-5H3. The minimum absolute atomic E-state index is 0.0937. The van der Waals surface area contributed by atoms with Gasteiger partial charge in [0.05, 0.1) is 13.2 Å². The first-order valence-corrected chi connectivity index (χ1v) is 7.40. The maximum Gasteiger partial charge on any atom is 0.247 e. The van der Waals surface area contributed by atoms with Crippen molar-refractivity contribution in [3.8, 4) is 0 Å². The van der Waals surface area contributed by atoms with Crippen molar-refractivity contribution < 1.29 is 9.53 Å². The topological polar surface area (TPSA) is 41.6 Å². The monoisotopic (exact) mass is 290 g/mol. The molecule has 1 N–H and O–H groups in total. The quantitative estimate of drug-likeness (QED) is 0.906. The SMILES string of the molecule is Cc1ccc(NC(C)(C)C(=O)N(C)CC2(C)COC2)cc1. The van der Waals surface area contributed by atoms with E-state index >= 15 is 0 Å². The van der Waals surface area contributed by atoms with Crippen LogP contribution in [0.4, 0.5) is 5.69 Å². The minimum atomic E-state index is -0.634. The fourth-order valence-corrected chi connectivity index (χ4v) is 2.71. The number of rotatable bonds is 5. The molecule has 0 aromatic heterocycles. The van der Waals surface area contributed by atoms with Crippen molar-refractivity contribution in [2.45, 2.75) is 33.2 Å². The Balaban J connectivity index is 2.00. The third-order valence-corrected chi connectivity index (χ3v) is 3.91. The highest BCUT2D eigenvalue weighted by Gasteiger charge is 2.38. The predicted molar refractivity (Wildman–Crippen MR) is 85.4 cm³/mol. The number of carbonyl (C=O) groups is 1. The summed E-state index contributed by atoms with van der Waals surface area (Å²) in [6, 6.07) is 8.09. The van der Waals surface area contributed by atoms with Gasteiger partial charge in [0, 0.05) is 24.7 Å². The number of benzene rings is 1. The van der Waals surface area contributed by atoms with Gasteiger partial charge in [0.2, 0.25) is 5.91 Å². The van der Waals surface area contributed by atoms with Gasteiger partial charge in [0.25, 0.3) is 0 Å². The van der Waals surface area contributed by atoms with Crippen molar-refractivity contribution in [3.63, 3.8) is 0 Å². The van der Waals surface area contributed by atoms with Crippen molar-refractivity contribution in [1.29, 1.82) is 0 Å². The Hall–Kier alpha value is -1.55. The van der Waals surface area contributed by atoms with Crippen LogP contribution >= 0.6 is 0 Å². The molecule has 1 fully saturated rings. The lowest BCUT2D eigenvalue weighted by atomic mass is 9.87. The molecule has 0 spiro atoms. The van der Waals surface area contributed by atoms with Gasteiger partial charge in [0.15, 0.2) is 0 Å². The summed E-state index contributed by atoms with van der Waals surface area (Å²) in [5.41, 5.74) is 1.64. The fourth-order valence-electron chi connectivity index (χ4n) is 2.71. The van der Waals surface area contributed by atoms with Crippen LogP contribution in [0.2, 0.25) is 0 Å². The molecule has 21 heavy (non-hydrogen) atoms. The van der Waals surface area contributed by atoms with E-state index < -0.39 is 5.54 Å². The van der Waals surface area contributed by atoms with Crippen molar-refractivity contribution in [2.75, 3.05) is 32.1 Å². The zero-order valence-electron chi connectivity index (χ0n) is 13.7. The molecule has 0 unspecified atom stereocenters. The number of ether oxygens (including phenoxy) is 1. The predicted octanol–water partition coefficient (Wildman–Crippen LogP) is 2.68. The number of nitrogens with zero attached hydrogens (tertiary/aromatic N) is 1. The minimum Gasteiger partial charge on any atom is -0.380 e. The molecule has 2 rings (SSSR count). The maximum absolute atomic E-state index is 12.7. The summed E-state index contributed by atoms with van der Waals surface area (Å²) in [4.78, 5) is 14.5. The van der Waals surface area contributed by atoms with Crippen molar-refractivity contribution in [2.24, 2.45) is 5.41 Å². The third-order valence-electron chi connectivity index (χ3n) is 3.91. The average Bonchev–Trinajstić information content (AvgIpc) is 2.38. The average molecular weight is 290 g/mol. The van der Waals surface area contributed by atoms with Crippen LogP contribution in [0.15, 0.2) is 24.3 Å². The Labute approximate surface area is 127 Å². The van der Waals surface area contributed by atoms with E-state index in [1.165, 1.54) is 5.56 Å². The van der Waals surface area contributed by atoms with Gasteiger partial charge in [0.1, 0.15) is 5.54 Å². The second kappa shape index (κ2) is 5.68. The molecule has 1 heterocycles. The van der Waals surface area contributed by atoms with Gasteiger partial charge in [-0.25, -0.2) is 0 Å². The lowest BCUT2D eigenvalue weighted by Crippen LogP contribution is -2.54. The van der Waals surface area contributed by atoms with Crippen LogP contribution in [0.5, 0.6) is 0 Å². The number of amides is 1. The van der Waals surface area contributed by atoms with Crippen LogP contribution in [0, 0.1) is 12.3 Å². The zero-order valence-corrected chi connectivity index (χ0v) is 13.7. The Kier molecular flexibility index (Phi) is 4.28. The van der Waals surface area contributed by atoms with E-state index in [1.54, 1.807) is 0 Å². The van der Waals surface area contributed by atoms with Gasteiger partial charge >= 0.3 is 0 Å². The number of carbonyl (C=O) groups excluding carboxylic acids is 1.